The van der Waals surface area contributed by atoms with Crippen molar-refractivity contribution in [2.45, 2.75) is 75.2 Å². The maximum absolute atomic E-state index is 14.3. The van der Waals surface area contributed by atoms with Crippen molar-refractivity contribution in [1.82, 2.24) is 29.9 Å². The van der Waals surface area contributed by atoms with Crippen LogP contribution in [0.3, 0.4) is 0 Å². The van der Waals surface area contributed by atoms with Crippen LogP contribution in [0.4, 0.5) is 10.1 Å². The molecule has 3 aromatic heterocycles. The summed E-state index contributed by atoms with van der Waals surface area (Å²) in [6, 6.07) is 8.22. The first-order valence-electron chi connectivity index (χ1n) is 15.9. The number of alkyl halides is 1. The van der Waals surface area contributed by atoms with Gasteiger partial charge in [-0.1, -0.05) is 11.2 Å². The third-order valence-electron chi connectivity index (χ3n) is 10.4. The summed E-state index contributed by atoms with van der Waals surface area (Å²) in [5.74, 6) is 1.20. The first-order valence-corrected chi connectivity index (χ1v) is 15.9. The summed E-state index contributed by atoms with van der Waals surface area (Å²) < 4.78 is 34.9. The molecule has 4 aromatic rings. The normalized spacial score (nSPS) is 27.0. The van der Waals surface area contributed by atoms with Gasteiger partial charge in [0, 0.05) is 30.4 Å². The second kappa shape index (κ2) is 10.8. The highest BCUT2D eigenvalue weighted by atomic mass is 19.1. The summed E-state index contributed by atoms with van der Waals surface area (Å²) in [6.45, 7) is 4.17. The topological polar surface area (TPSA) is 140 Å². The molecule has 2 saturated heterocycles. The molecule has 3 N–H and O–H groups in total. The molecule has 0 bridgehead atoms. The Morgan fingerprint density at radius 2 is 2.18 bits per heavy atom. The second-order valence-electron chi connectivity index (χ2n) is 13.1. The maximum Gasteiger partial charge on any atom is 0.243 e. The average molecular weight is 613 g/mol. The number of nitrogens with one attached hydrogen (secondary N) is 1. The Labute approximate surface area is 260 Å². The lowest BCUT2D eigenvalue weighted by atomic mass is 9.68. The highest BCUT2D eigenvalue weighted by Gasteiger charge is 2.49. The third kappa shape index (κ3) is 4.43. The number of hydrogen-bond acceptors (Lipinski definition) is 10. The van der Waals surface area contributed by atoms with E-state index in [4.69, 9.17) is 29.7 Å². The van der Waals surface area contributed by atoms with Crippen LogP contribution in [0, 0.1) is 11.3 Å². The van der Waals surface area contributed by atoms with Crippen LogP contribution >= 0.6 is 0 Å². The molecule has 12 heteroatoms. The Kier molecular flexibility index (Phi) is 6.82. The summed E-state index contributed by atoms with van der Waals surface area (Å²) in [5, 5.41) is 18.1. The quantitative estimate of drug-likeness (QED) is 0.318. The summed E-state index contributed by atoms with van der Waals surface area (Å²) in [6.07, 6.45) is 5.29. The van der Waals surface area contributed by atoms with E-state index in [9.17, 15) is 9.65 Å². The molecule has 11 nitrogen and oxygen atoms in total. The molecule has 2 aliphatic heterocycles. The Morgan fingerprint density at radius 3 is 2.96 bits per heavy atom. The van der Waals surface area contributed by atoms with Crippen molar-refractivity contribution < 1.29 is 18.4 Å². The van der Waals surface area contributed by atoms with Crippen molar-refractivity contribution in [1.29, 1.82) is 5.26 Å². The van der Waals surface area contributed by atoms with Crippen molar-refractivity contribution >= 4 is 16.7 Å². The molecule has 1 spiro atoms. The Hall–Kier alpha value is -4.05. The average Bonchev–Trinajstić information content (AvgIpc) is 3.83. The number of nitrogens with zero attached hydrogens (tertiary/aromatic N) is 6. The first kappa shape index (κ1) is 28.4. The van der Waals surface area contributed by atoms with Gasteiger partial charge >= 0.3 is 0 Å². The van der Waals surface area contributed by atoms with Gasteiger partial charge in [-0.3, -0.25) is 10.2 Å². The minimum atomic E-state index is -0.880. The minimum Gasteiger partial charge on any atom is -0.471 e. The van der Waals surface area contributed by atoms with E-state index < -0.39 is 11.6 Å². The third-order valence-corrected chi connectivity index (χ3v) is 10.4. The number of hydrogen-bond donors (Lipinski definition) is 2. The van der Waals surface area contributed by atoms with E-state index in [-0.39, 0.29) is 18.2 Å². The molecule has 0 amide bonds. The summed E-state index contributed by atoms with van der Waals surface area (Å²) in [4.78, 5) is 11.8. The van der Waals surface area contributed by atoms with Gasteiger partial charge in [0.15, 0.2) is 11.3 Å². The zero-order chi connectivity index (χ0) is 30.9. The number of likely N-dealkylation sites (N-methyl/N-ethyl adjacent to an activating group) is 1. The monoisotopic (exact) mass is 612 g/mol. The van der Waals surface area contributed by atoms with Crippen LogP contribution in [0.2, 0.25) is 0 Å². The fourth-order valence-electron chi connectivity index (χ4n) is 8.28. The number of rotatable bonds is 5. The molecule has 234 valence electrons. The van der Waals surface area contributed by atoms with E-state index in [1.807, 2.05) is 43.4 Å². The van der Waals surface area contributed by atoms with Crippen LogP contribution in [0.5, 0.6) is 5.88 Å². The van der Waals surface area contributed by atoms with Crippen LogP contribution in [-0.2, 0) is 23.0 Å². The Bertz CT molecular complexity index is 1820. The van der Waals surface area contributed by atoms with Gasteiger partial charge in [-0.05, 0) is 75.8 Å². The van der Waals surface area contributed by atoms with Crippen LogP contribution in [0.15, 0.2) is 29.0 Å². The zero-order valence-corrected chi connectivity index (χ0v) is 25.6. The number of nitrogens with two attached hydrogens (primary N) is 1. The zero-order valence-electron chi connectivity index (χ0n) is 25.6. The summed E-state index contributed by atoms with van der Waals surface area (Å²) in [7, 11) is 1.93. The molecular formula is C33H37FN8O3. The molecule has 1 aromatic carbocycles. The van der Waals surface area contributed by atoms with Gasteiger partial charge in [0.05, 0.1) is 47.9 Å². The number of benzene rings is 1. The van der Waals surface area contributed by atoms with E-state index >= 15 is 0 Å². The number of nitrogen functional groups attached to an aromatic ring is 1. The summed E-state index contributed by atoms with van der Waals surface area (Å²) in [5.41, 5.74) is 12.8. The van der Waals surface area contributed by atoms with Gasteiger partial charge in [0.1, 0.15) is 24.0 Å². The van der Waals surface area contributed by atoms with Gasteiger partial charge in [0.25, 0.3) is 0 Å². The SMILES string of the molecule is C[C@H](Oc1nc(-c2noc3c2CCC[C@@]32CCc3ccc(N)c(C#N)c32)cc2c1ncn2[C@@H]1CNCOC1)[C@@H]1C[C@@H](F)CN1C. The van der Waals surface area contributed by atoms with Crippen molar-refractivity contribution in [3.8, 4) is 23.3 Å². The fourth-order valence-corrected chi connectivity index (χ4v) is 8.28. The molecule has 2 fully saturated rings. The molecule has 45 heavy (non-hydrogen) atoms. The lowest BCUT2D eigenvalue weighted by molar-refractivity contribution is 0.0513. The number of nitriles is 1. The number of halogens is 1. The molecule has 0 saturated carbocycles. The first-order chi connectivity index (χ1) is 21.9. The number of likely N-dealkylation sites (tertiary alicyclic amines) is 1. The largest absolute Gasteiger partial charge is 0.471 e. The second-order valence-corrected chi connectivity index (χ2v) is 13.1. The van der Waals surface area contributed by atoms with E-state index in [1.54, 1.807) is 0 Å². The molecule has 0 radical (unpaired) electrons. The van der Waals surface area contributed by atoms with Crippen molar-refractivity contribution in [3.63, 3.8) is 0 Å². The van der Waals surface area contributed by atoms with Crippen LogP contribution in [0.1, 0.15) is 66.7 Å². The molecule has 4 aliphatic rings. The molecular weight excluding hydrogens is 575 g/mol. The highest BCUT2D eigenvalue weighted by Crippen LogP contribution is 2.54. The van der Waals surface area contributed by atoms with Crippen molar-refractivity contribution in [2.24, 2.45) is 0 Å². The van der Waals surface area contributed by atoms with Crippen molar-refractivity contribution in [3.05, 3.63) is 52.5 Å². The van der Waals surface area contributed by atoms with Gasteiger partial charge in [-0.15, -0.1) is 0 Å². The molecule has 2 aliphatic carbocycles. The van der Waals surface area contributed by atoms with Gasteiger partial charge in [0.2, 0.25) is 5.88 Å². The number of aromatic nitrogens is 4. The molecule has 8 rings (SSSR count). The number of ether oxygens (including phenoxy) is 2. The predicted molar refractivity (Wildman–Crippen MR) is 165 cm³/mol. The number of anilines is 1. The Balaban J connectivity index is 1.25. The standard InChI is InChI=1S/C33H37FN8O3/c1-18(26-10-20(34)14-41(26)2)44-32-30-27(42(16-38-30)21-13-37-17-43-15-21)11-25(39-32)29-22-4-3-8-33(31(22)45-40-29)9-7-19-5-6-24(36)23(12-35)28(19)33/h5-6,11,16,18,20-21,26,37H,3-4,7-10,13-15,17,36H2,1-2H3/t18-,20+,21+,26-,33-/m0/s1. The maximum atomic E-state index is 14.3. The molecule has 5 heterocycles. The van der Waals surface area contributed by atoms with Gasteiger partial charge in [-0.2, -0.15) is 5.26 Å². The predicted octanol–water partition coefficient (Wildman–Crippen LogP) is 4.04. The molecule has 5 atom stereocenters. The smallest absolute Gasteiger partial charge is 0.243 e. The lowest BCUT2D eigenvalue weighted by Gasteiger charge is -2.33. The summed E-state index contributed by atoms with van der Waals surface area (Å²) >= 11 is 0. The highest BCUT2D eigenvalue weighted by molar-refractivity contribution is 5.85. The number of aryl methyl sites for hydroxylation is 1. The lowest BCUT2D eigenvalue weighted by Crippen LogP contribution is -2.38. The van der Waals surface area contributed by atoms with Crippen molar-refractivity contribution in [2.75, 3.05) is 39.2 Å². The fraction of sp³-hybridized carbons (Fsp3) is 0.515. The van der Waals surface area contributed by atoms with Crippen LogP contribution < -0.4 is 15.8 Å². The van der Waals surface area contributed by atoms with E-state index in [0.29, 0.717) is 60.3 Å². The van der Waals surface area contributed by atoms with E-state index in [0.717, 1.165) is 66.6 Å². The van der Waals surface area contributed by atoms with E-state index in [1.165, 1.54) is 0 Å². The van der Waals surface area contributed by atoms with E-state index in [2.05, 4.69) is 21.1 Å². The Morgan fingerprint density at radius 1 is 1.29 bits per heavy atom. The van der Waals surface area contributed by atoms with Crippen LogP contribution in [-0.4, -0.2) is 76.4 Å². The number of imidazole rings is 1. The molecule has 0 unspecified atom stereocenters. The number of fused-ring (bicyclic) bond motifs is 5. The minimum absolute atomic E-state index is 0.0388. The van der Waals surface area contributed by atoms with Gasteiger partial charge in [-0.25, -0.2) is 14.4 Å². The van der Waals surface area contributed by atoms with Gasteiger partial charge < -0.3 is 24.3 Å². The van der Waals surface area contributed by atoms with Crippen LogP contribution in [0.25, 0.3) is 22.4 Å². The number of pyridine rings is 1.